The fourth-order valence-corrected chi connectivity index (χ4v) is 5.62. The Labute approximate surface area is 210 Å². The van der Waals surface area contributed by atoms with Gasteiger partial charge in [0.1, 0.15) is 12.2 Å². The van der Waals surface area contributed by atoms with E-state index in [4.69, 9.17) is 14.2 Å². The second-order valence-corrected chi connectivity index (χ2v) is 9.52. The van der Waals surface area contributed by atoms with Gasteiger partial charge in [0, 0.05) is 37.3 Å². The van der Waals surface area contributed by atoms with Gasteiger partial charge in [-0.05, 0) is 36.6 Å². The quantitative estimate of drug-likeness (QED) is 0.361. The van der Waals surface area contributed by atoms with E-state index in [1.54, 1.807) is 30.2 Å². The van der Waals surface area contributed by atoms with Gasteiger partial charge in [0.2, 0.25) is 11.8 Å². The standard InChI is InChI=1S/C26H36N2O8/c1-34-10-8-28(26(33)16-5-3-4-6-16)19-13-18(25(32)27-7-9-29)21-17-11-15(14-30)12-20(35-2)23(17)36-24(21)22(19)31/h11-13,16,19,21-22,24,29-31H,3-10,14H2,1-2H3,(H,27,32)/t19-,21+,22+,24+/m1/s1. The van der Waals surface area contributed by atoms with E-state index in [2.05, 4.69) is 5.32 Å². The minimum absolute atomic E-state index is 0.0584. The van der Waals surface area contributed by atoms with Crippen molar-refractivity contribution in [3.8, 4) is 11.5 Å². The van der Waals surface area contributed by atoms with Gasteiger partial charge < -0.3 is 39.7 Å². The molecule has 3 aliphatic rings. The van der Waals surface area contributed by atoms with Crippen LogP contribution in [0.2, 0.25) is 0 Å². The first kappa shape index (κ1) is 26.4. The van der Waals surface area contributed by atoms with Crippen LogP contribution in [0.3, 0.4) is 0 Å². The molecule has 10 nitrogen and oxygen atoms in total. The normalized spacial score (nSPS) is 25.0. The summed E-state index contributed by atoms with van der Waals surface area (Å²) in [7, 11) is 3.04. The van der Waals surface area contributed by atoms with Crippen LogP contribution < -0.4 is 14.8 Å². The molecule has 1 aliphatic heterocycles. The first-order valence-corrected chi connectivity index (χ1v) is 12.5. The second-order valence-electron chi connectivity index (χ2n) is 9.52. The Morgan fingerprint density at radius 3 is 2.58 bits per heavy atom. The summed E-state index contributed by atoms with van der Waals surface area (Å²) in [4.78, 5) is 28.5. The van der Waals surface area contributed by atoms with E-state index >= 15 is 0 Å². The number of methoxy groups -OCH3 is 2. The molecule has 0 bridgehead atoms. The van der Waals surface area contributed by atoms with Crippen molar-refractivity contribution in [3.63, 3.8) is 0 Å². The summed E-state index contributed by atoms with van der Waals surface area (Å²) in [6.07, 6.45) is 3.25. The van der Waals surface area contributed by atoms with Crippen LogP contribution in [0, 0.1) is 5.92 Å². The second kappa shape index (κ2) is 11.6. The average Bonchev–Trinajstić information content (AvgIpc) is 3.56. The number of benzene rings is 1. The molecular weight excluding hydrogens is 468 g/mol. The zero-order valence-corrected chi connectivity index (χ0v) is 20.8. The minimum Gasteiger partial charge on any atom is -0.493 e. The van der Waals surface area contributed by atoms with Crippen LogP contribution in [0.5, 0.6) is 11.5 Å². The van der Waals surface area contributed by atoms with Gasteiger partial charge in [-0.15, -0.1) is 0 Å². The highest BCUT2D eigenvalue weighted by molar-refractivity contribution is 5.96. The summed E-state index contributed by atoms with van der Waals surface area (Å²) < 4.78 is 17.0. The molecule has 0 unspecified atom stereocenters. The molecule has 0 radical (unpaired) electrons. The van der Waals surface area contributed by atoms with E-state index in [1.807, 2.05) is 0 Å². The van der Waals surface area contributed by atoms with Gasteiger partial charge in [-0.3, -0.25) is 9.59 Å². The van der Waals surface area contributed by atoms with E-state index in [1.165, 1.54) is 7.11 Å². The van der Waals surface area contributed by atoms with Crippen molar-refractivity contribution in [2.75, 3.05) is 40.5 Å². The third-order valence-electron chi connectivity index (χ3n) is 7.38. The van der Waals surface area contributed by atoms with Gasteiger partial charge in [-0.25, -0.2) is 0 Å². The van der Waals surface area contributed by atoms with E-state index < -0.39 is 30.1 Å². The maximum absolute atomic E-state index is 13.5. The summed E-state index contributed by atoms with van der Waals surface area (Å²) in [6, 6.07) is 2.60. The third kappa shape index (κ3) is 4.95. The average molecular weight is 505 g/mol. The largest absolute Gasteiger partial charge is 0.493 e. The fraction of sp³-hybridized carbons (Fsp3) is 0.615. The lowest BCUT2D eigenvalue weighted by atomic mass is 9.77. The summed E-state index contributed by atoms with van der Waals surface area (Å²) >= 11 is 0. The zero-order chi connectivity index (χ0) is 25.8. The molecule has 4 rings (SSSR count). The van der Waals surface area contributed by atoms with Gasteiger partial charge in [-0.2, -0.15) is 0 Å². The number of rotatable bonds is 10. The Morgan fingerprint density at radius 2 is 1.94 bits per heavy atom. The SMILES string of the molecule is COCCN(C(=O)C1CCCC1)[C@@H]1C=C(C(=O)NCCO)[C@@H]2c3cc(CO)cc(OC)c3O[C@@H]2[C@H]1O. The number of aliphatic hydroxyl groups excluding tert-OH is 3. The molecular formula is C26H36N2O8. The molecule has 1 aromatic carbocycles. The van der Waals surface area contributed by atoms with E-state index in [9.17, 15) is 24.9 Å². The van der Waals surface area contributed by atoms with Gasteiger partial charge in [0.15, 0.2) is 11.5 Å². The molecule has 1 saturated carbocycles. The Balaban J connectivity index is 1.78. The molecule has 2 amide bonds. The summed E-state index contributed by atoms with van der Waals surface area (Å²) in [6.45, 7) is 0.142. The molecule has 198 valence electrons. The third-order valence-corrected chi connectivity index (χ3v) is 7.38. The summed E-state index contributed by atoms with van der Waals surface area (Å²) in [5.41, 5.74) is 1.54. The summed E-state index contributed by atoms with van der Waals surface area (Å²) in [5.74, 6) is -0.453. The van der Waals surface area contributed by atoms with Crippen LogP contribution in [-0.4, -0.2) is 90.8 Å². The Kier molecular flexibility index (Phi) is 8.50. The zero-order valence-electron chi connectivity index (χ0n) is 20.8. The van der Waals surface area contributed by atoms with Gasteiger partial charge in [-0.1, -0.05) is 12.8 Å². The van der Waals surface area contributed by atoms with Crippen molar-refractivity contribution in [3.05, 3.63) is 34.9 Å². The molecule has 1 aromatic rings. The van der Waals surface area contributed by atoms with Crippen LogP contribution in [0.25, 0.3) is 0 Å². The van der Waals surface area contributed by atoms with Crippen molar-refractivity contribution in [2.45, 2.75) is 56.5 Å². The maximum Gasteiger partial charge on any atom is 0.247 e. The molecule has 0 aromatic heterocycles. The van der Waals surface area contributed by atoms with E-state index in [-0.39, 0.29) is 44.7 Å². The smallest absolute Gasteiger partial charge is 0.247 e. The van der Waals surface area contributed by atoms with Gasteiger partial charge >= 0.3 is 0 Å². The number of ether oxygens (including phenoxy) is 3. The Morgan fingerprint density at radius 1 is 1.19 bits per heavy atom. The number of hydrogen-bond acceptors (Lipinski definition) is 8. The maximum atomic E-state index is 13.5. The highest BCUT2D eigenvalue weighted by Crippen LogP contribution is 2.51. The lowest BCUT2D eigenvalue weighted by Gasteiger charge is -2.41. The molecule has 0 saturated heterocycles. The fourth-order valence-electron chi connectivity index (χ4n) is 5.62. The van der Waals surface area contributed by atoms with Crippen LogP contribution in [-0.2, 0) is 20.9 Å². The minimum atomic E-state index is -1.12. The lowest BCUT2D eigenvalue weighted by Crippen LogP contribution is -2.57. The van der Waals surface area contributed by atoms with Crippen LogP contribution in [0.4, 0.5) is 0 Å². The first-order chi connectivity index (χ1) is 17.4. The molecule has 10 heteroatoms. The molecule has 4 N–H and O–H groups in total. The van der Waals surface area contributed by atoms with E-state index in [0.717, 1.165) is 25.7 Å². The predicted octanol–water partition coefficient (Wildman–Crippen LogP) is 0.475. The number of aliphatic hydroxyl groups is 3. The molecule has 36 heavy (non-hydrogen) atoms. The number of amides is 2. The molecule has 4 atom stereocenters. The number of nitrogens with zero attached hydrogens (tertiary/aromatic N) is 1. The van der Waals surface area contributed by atoms with Gasteiger partial charge in [0.05, 0.1) is 38.9 Å². The molecule has 0 spiro atoms. The van der Waals surface area contributed by atoms with Crippen LogP contribution in [0.15, 0.2) is 23.8 Å². The lowest BCUT2D eigenvalue weighted by molar-refractivity contribution is -0.142. The number of nitrogens with one attached hydrogen (secondary N) is 1. The molecule has 1 fully saturated rings. The van der Waals surface area contributed by atoms with Crippen molar-refractivity contribution < 1.29 is 39.1 Å². The monoisotopic (exact) mass is 504 g/mol. The number of carbonyl (C=O) groups excluding carboxylic acids is 2. The summed E-state index contributed by atoms with van der Waals surface area (Å²) in [5, 5.41) is 33.3. The van der Waals surface area contributed by atoms with Crippen molar-refractivity contribution in [1.29, 1.82) is 0 Å². The first-order valence-electron chi connectivity index (χ1n) is 12.5. The Bertz CT molecular complexity index is 990. The predicted molar refractivity (Wildman–Crippen MR) is 130 cm³/mol. The highest BCUT2D eigenvalue weighted by atomic mass is 16.5. The van der Waals surface area contributed by atoms with Crippen molar-refractivity contribution >= 4 is 11.8 Å². The van der Waals surface area contributed by atoms with Crippen LogP contribution >= 0.6 is 0 Å². The highest BCUT2D eigenvalue weighted by Gasteiger charge is 2.51. The number of carbonyl (C=O) groups is 2. The molecule has 1 heterocycles. The Hall–Kier alpha value is -2.66. The molecule has 2 aliphatic carbocycles. The van der Waals surface area contributed by atoms with Crippen molar-refractivity contribution in [2.24, 2.45) is 5.92 Å². The number of fused-ring (bicyclic) bond motifs is 3. The number of hydrogen-bond donors (Lipinski definition) is 4. The topological polar surface area (TPSA) is 138 Å². The van der Waals surface area contributed by atoms with E-state index in [0.29, 0.717) is 28.2 Å². The van der Waals surface area contributed by atoms with Crippen LogP contribution in [0.1, 0.15) is 42.7 Å². The van der Waals surface area contributed by atoms with Crippen molar-refractivity contribution in [1.82, 2.24) is 10.2 Å². The van der Waals surface area contributed by atoms with Gasteiger partial charge in [0.25, 0.3) is 0 Å².